The van der Waals surface area contributed by atoms with E-state index < -0.39 is 0 Å². The maximum Gasteiger partial charge on any atom is 0.234 e. The molecule has 0 radical (unpaired) electrons. The van der Waals surface area contributed by atoms with Crippen LogP contribution in [0.4, 0.5) is 0 Å². The Morgan fingerprint density at radius 2 is 1.92 bits per heavy atom. The van der Waals surface area contributed by atoms with Gasteiger partial charge >= 0.3 is 0 Å². The lowest BCUT2D eigenvalue weighted by atomic mass is 9.97. The average Bonchev–Trinajstić information content (AvgIpc) is 2.64. The molecule has 0 saturated carbocycles. The molecule has 132 valence electrons. The second-order valence-electron chi connectivity index (χ2n) is 5.91. The molecule has 2 rings (SSSR count). The molecule has 1 aromatic carbocycles. The number of benzene rings is 1. The van der Waals surface area contributed by atoms with Gasteiger partial charge in [-0.2, -0.15) is 0 Å². The van der Waals surface area contributed by atoms with E-state index in [0.717, 1.165) is 24.5 Å². The number of rotatable bonds is 10. The second kappa shape index (κ2) is 10.7. The van der Waals surface area contributed by atoms with Crippen molar-refractivity contribution in [1.29, 1.82) is 0 Å². The molecule has 0 unspecified atom stereocenters. The summed E-state index contributed by atoms with van der Waals surface area (Å²) in [6.45, 7) is 2.17. The molecule has 5 nitrogen and oxygen atoms in total. The van der Waals surface area contributed by atoms with Crippen molar-refractivity contribution in [3.63, 3.8) is 0 Å². The molecule has 0 saturated heterocycles. The van der Waals surface area contributed by atoms with Crippen LogP contribution in [0.3, 0.4) is 0 Å². The maximum absolute atomic E-state index is 11.7. The fourth-order valence-electron chi connectivity index (χ4n) is 2.68. The molecule has 1 amide bonds. The predicted octanol–water partition coefficient (Wildman–Crippen LogP) is 2.67. The SMILES string of the molecule is COc1ccc(OCCNC(=O)CNCCC2=CCCCC2)cc1. The quantitative estimate of drug-likeness (QED) is 0.511. The van der Waals surface area contributed by atoms with Crippen LogP contribution in [0.25, 0.3) is 0 Å². The Balaban J connectivity index is 1.49. The third-order valence-corrected chi connectivity index (χ3v) is 4.05. The van der Waals surface area contributed by atoms with Gasteiger partial charge in [-0.15, -0.1) is 0 Å². The maximum atomic E-state index is 11.7. The van der Waals surface area contributed by atoms with Crippen molar-refractivity contribution in [2.45, 2.75) is 32.1 Å². The second-order valence-corrected chi connectivity index (χ2v) is 5.91. The highest BCUT2D eigenvalue weighted by molar-refractivity contribution is 5.77. The van der Waals surface area contributed by atoms with Gasteiger partial charge in [0, 0.05) is 0 Å². The molecule has 24 heavy (non-hydrogen) atoms. The van der Waals surface area contributed by atoms with Gasteiger partial charge < -0.3 is 20.1 Å². The first-order chi connectivity index (χ1) is 11.8. The normalized spacial score (nSPS) is 14.0. The van der Waals surface area contributed by atoms with Crippen molar-refractivity contribution in [2.24, 2.45) is 0 Å². The average molecular weight is 332 g/mol. The third kappa shape index (κ3) is 7.04. The van der Waals surface area contributed by atoms with Crippen LogP contribution in [0.2, 0.25) is 0 Å². The molecule has 2 N–H and O–H groups in total. The number of hydrogen-bond acceptors (Lipinski definition) is 4. The molecular formula is C19H28N2O3. The number of carbonyl (C=O) groups is 1. The summed E-state index contributed by atoms with van der Waals surface area (Å²) in [5, 5.41) is 6.04. The molecule has 0 atom stereocenters. The molecular weight excluding hydrogens is 304 g/mol. The Labute approximate surface area is 144 Å². The lowest BCUT2D eigenvalue weighted by Crippen LogP contribution is -2.36. The molecule has 0 spiro atoms. The third-order valence-electron chi connectivity index (χ3n) is 4.05. The standard InChI is InChI=1S/C19H28N2O3/c1-23-17-7-9-18(10-8-17)24-14-13-21-19(22)15-20-12-11-16-5-3-2-4-6-16/h5,7-10,20H,2-4,6,11-15H2,1H3,(H,21,22). The number of nitrogens with one attached hydrogen (secondary N) is 2. The summed E-state index contributed by atoms with van der Waals surface area (Å²) >= 11 is 0. The summed E-state index contributed by atoms with van der Waals surface area (Å²) in [6.07, 6.45) is 8.45. The van der Waals surface area contributed by atoms with E-state index in [1.165, 1.54) is 31.3 Å². The van der Waals surface area contributed by atoms with Gasteiger partial charge in [0.25, 0.3) is 0 Å². The van der Waals surface area contributed by atoms with E-state index in [9.17, 15) is 4.79 Å². The Bertz CT molecular complexity index is 526. The number of hydrogen-bond donors (Lipinski definition) is 2. The minimum absolute atomic E-state index is 0.00551. The first-order valence-corrected chi connectivity index (χ1v) is 8.70. The van der Waals surface area contributed by atoms with Crippen molar-refractivity contribution in [3.05, 3.63) is 35.9 Å². The summed E-state index contributed by atoms with van der Waals surface area (Å²) in [7, 11) is 1.63. The van der Waals surface area contributed by atoms with Crippen molar-refractivity contribution >= 4 is 5.91 Å². The minimum atomic E-state index is 0.00551. The van der Waals surface area contributed by atoms with E-state index in [0.29, 0.717) is 19.7 Å². The Morgan fingerprint density at radius 3 is 2.62 bits per heavy atom. The zero-order valence-electron chi connectivity index (χ0n) is 14.5. The number of carbonyl (C=O) groups excluding carboxylic acids is 1. The molecule has 0 aromatic heterocycles. The van der Waals surface area contributed by atoms with Crippen LogP contribution in [0.5, 0.6) is 11.5 Å². The van der Waals surface area contributed by atoms with E-state index in [1.807, 2.05) is 24.3 Å². The van der Waals surface area contributed by atoms with Gasteiger partial charge in [0.1, 0.15) is 18.1 Å². The monoisotopic (exact) mass is 332 g/mol. The summed E-state index contributed by atoms with van der Waals surface area (Å²) in [5.74, 6) is 1.57. The zero-order valence-corrected chi connectivity index (χ0v) is 14.5. The fraction of sp³-hybridized carbons (Fsp3) is 0.526. The zero-order chi connectivity index (χ0) is 17.0. The Kier molecular flexibility index (Phi) is 8.18. The molecule has 0 heterocycles. The lowest BCUT2D eigenvalue weighted by Gasteiger charge is -2.13. The molecule has 0 fully saturated rings. The van der Waals surface area contributed by atoms with E-state index in [1.54, 1.807) is 7.11 Å². The number of allylic oxidation sites excluding steroid dienone is 1. The summed E-state index contributed by atoms with van der Waals surface area (Å²) in [6, 6.07) is 7.39. The minimum Gasteiger partial charge on any atom is -0.497 e. The Morgan fingerprint density at radius 1 is 1.12 bits per heavy atom. The lowest BCUT2D eigenvalue weighted by molar-refractivity contribution is -0.120. The van der Waals surface area contributed by atoms with E-state index in [2.05, 4.69) is 16.7 Å². The first-order valence-electron chi connectivity index (χ1n) is 8.70. The molecule has 0 aliphatic heterocycles. The first kappa shape index (κ1) is 18.3. The Hall–Kier alpha value is -2.01. The summed E-state index contributed by atoms with van der Waals surface area (Å²) in [4.78, 5) is 11.7. The summed E-state index contributed by atoms with van der Waals surface area (Å²) in [5.41, 5.74) is 1.53. The van der Waals surface area contributed by atoms with Gasteiger partial charge in [0.15, 0.2) is 0 Å². The molecule has 1 aliphatic rings. The smallest absolute Gasteiger partial charge is 0.234 e. The van der Waals surface area contributed by atoms with Gasteiger partial charge in [-0.1, -0.05) is 11.6 Å². The van der Waals surface area contributed by atoms with Crippen molar-refractivity contribution in [3.8, 4) is 11.5 Å². The van der Waals surface area contributed by atoms with Gasteiger partial charge in [0.2, 0.25) is 5.91 Å². The fourth-order valence-corrected chi connectivity index (χ4v) is 2.68. The van der Waals surface area contributed by atoms with Crippen LogP contribution in [-0.4, -0.2) is 39.3 Å². The van der Waals surface area contributed by atoms with Crippen molar-refractivity contribution < 1.29 is 14.3 Å². The largest absolute Gasteiger partial charge is 0.497 e. The molecule has 0 bridgehead atoms. The van der Waals surface area contributed by atoms with Crippen LogP contribution < -0.4 is 20.1 Å². The van der Waals surface area contributed by atoms with E-state index >= 15 is 0 Å². The van der Waals surface area contributed by atoms with Gasteiger partial charge in [0.05, 0.1) is 20.2 Å². The number of ether oxygens (including phenoxy) is 2. The molecule has 1 aliphatic carbocycles. The highest BCUT2D eigenvalue weighted by atomic mass is 16.5. The highest BCUT2D eigenvalue weighted by Crippen LogP contribution is 2.19. The van der Waals surface area contributed by atoms with Gasteiger partial charge in [-0.3, -0.25) is 4.79 Å². The topological polar surface area (TPSA) is 59.6 Å². The van der Waals surface area contributed by atoms with E-state index in [4.69, 9.17) is 9.47 Å². The van der Waals surface area contributed by atoms with Crippen LogP contribution in [0, 0.1) is 0 Å². The van der Waals surface area contributed by atoms with Crippen molar-refractivity contribution in [1.82, 2.24) is 10.6 Å². The van der Waals surface area contributed by atoms with E-state index in [-0.39, 0.29) is 5.91 Å². The van der Waals surface area contributed by atoms with Crippen LogP contribution in [0.15, 0.2) is 35.9 Å². The predicted molar refractivity (Wildman–Crippen MR) is 95.5 cm³/mol. The molecule has 5 heteroatoms. The molecule has 1 aromatic rings. The summed E-state index contributed by atoms with van der Waals surface area (Å²) < 4.78 is 10.7. The van der Waals surface area contributed by atoms with Crippen molar-refractivity contribution in [2.75, 3.05) is 33.4 Å². The van der Waals surface area contributed by atoms with Crippen LogP contribution in [-0.2, 0) is 4.79 Å². The van der Waals surface area contributed by atoms with Crippen LogP contribution >= 0.6 is 0 Å². The van der Waals surface area contributed by atoms with Crippen LogP contribution in [0.1, 0.15) is 32.1 Å². The number of methoxy groups -OCH3 is 1. The van der Waals surface area contributed by atoms with Gasteiger partial charge in [-0.25, -0.2) is 0 Å². The van der Waals surface area contributed by atoms with Gasteiger partial charge in [-0.05, 0) is 62.9 Å². The highest BCUT2D eigenvalue weighted by Gasteiger charge is 2.04. The number of amides is 1.